The number of hydrogen-bond acceptors (Lipinski definition) is 3. The van der Waals surface area contributed by atoms with Gasteiger partial charge in [-0.25, -0.2) is 8.42 Å². The lowest BCUT2D eigenvalue weighted by Gasteiger charge is -2.22. The summed E-state index contributed by atoms with van der Waals surface area (Å²) in [5.41, 5.74) is 6.22. The summed E-state index contributed by atoms with van der Waals surface area (Å²) in [5.74, 6) is -0.221. The highest BCUT2D eigenvalue weighted by Gasteiger charge is 2.20. The lowest BCUT2D eigenvalue weighted by molar-refractivity contribution is 0.0939. The Morgan fingerprint density at radius 2 is 1.63 bits per heavy atom. The number of anilines is 1. The van der Waals surface area contributed by atoms with E-state index < -0.39 is 10.0 Å². The molecule has 1 amide bonds. The minimum atomic E-state index is -3.40. The first-order chi connectivity index (χ1) is 12.4. The minimum absolute atomic E-state index is 0.160. The van der Waals surface area contributed by atoms with Gasteiger partial charge in [-0.2, -0.15) is 0 Å². The molecule has 0 heterocycles. The second kappa shape index (κ2) is 7.72. The molecule has 0 aromatic heterocycles. The van der Waals surface area contributed by atoms with Crippen molar-refractivity contribution in [3.05, 3.63) is 63.7 Å². The van der Waals surface area contributed by atoms with Gasteiger partial charge in [0, 0.05) is 12.6 Å². The Kier molecular flexibility index (Phi) is 6.00. The van der Waals surface area contributed by atoms with E-state index in [0.717, 1.165) is 17.4 Å². The van der Waals surface area contributed by atoms with Crippen LogP contribution in [-0.2, 0) is 10.0 Å². The van der Waals surface area contributed by atoms with Crippen LogP contribution in [0.5, 0.6) is 0 Å². The number of rotatable bonds is 5. The maximum atomic E-state index is 12.9. The van der Waals surface area contributed by atoms with Crippen LogP contribution >= 0.6 is 0 Å². The summed E-state index contributed by atoms with van der Waals surface area (Å²) in [7, 11) is -1.91. The van der Waals surface area contributed by atoms with E-state index in [4.69, 9.17) is 0 Å². The molecule has 0 unspecified atom stereocenters. The lowest BCUT2D eigenvalue weighted by Crippen LogP contribution is -2.29. The SMILES string of the molecule is Cc1cc(C)c([C@H](C)NC(=O)c2cccc(N(C)S(C)(=O)=O)c2C)cc1C. The van der Waals surface area contributed by atoms with E-state index in [1.165, 1.54) is 22.5 Å². The van der Waals surface area contributed by atoms with Gasteiger partial charge in [-0.3, -0.25) is 9.10 Å². The number of benzene rings is 2. The largest absolute Gasteiger partial charge is 0.345 e. The summed E-state index contributed by atoms with van der Waals surface area (Å²) in [5, 5.41) is 3.04. The van der Waals surface area contributed by atoms with E-state index in [1.54, 1.807) is 25.1 Å². The summed E-state index contributed by atoms with van der Waals surface area (Å²) in [4.78, 5) is 12.9. The van der Waals surface area contributed by atoms with Gasteiger partial charge in [0.2, 0.25) is 10.0 Å². The third kappa shape index (κ3) is 4.50. The van der Waals surface area contributed by atoms with Gasteiger partial charge in [-0.05, 0) is 74.6 Å². The highest BCUT2D eigenvalue weighted by Crippen LogP contribution is 2.26. The standard InChI is InChI=1S/C21H28N2O3S/c1-13-11-15(3)19(12-14(13)2)17(5)22-21(24)18-9-8-10-20(16(18)4)23(6)27(7,25)26/h8-12,17H,1-7H3,(H,22,24)/t17-/m0/s1. The maximum absolute atomic E-state index is 12.9. The van der Waals surface area contributed by atoms with Crippen LogP contribution in [0.25, 0.3) is 0 Å². The van der Waals surface area contributed by atoms with Crippen molar-refractivity contribution in [1.82, 2.24) is 5.32 Å². The second-order valence-corrected chi connectivity index (χ2v) is 9.18. The van der Waals surface area contributed by atoms with E-state index in [0.29, 0.717) is 16.8 Å². The Bertz CT molecular complexity index is 981. The molecule has 0 aliphatic heterocycles. The predicted molar refractivity (Wildman–Crippen MR) is 111 cm³/mol. The van der Waals surface area contributed by atoms with Crippen molar-refractivity contribution in [2.75, 3.05) is 17.6 Å². The van der Waals surface area contributed by atoms with Crippen LogP contribution in [-0.4, -0.2) is 27.6 Å². The van der Waals surface area contributed by atoms with Crippen LogP contribution in [0.1, 0.15) is 51.1 Å². The second-order valence-electron chi connectivity index (χ2n) is 7.17. The van der Waals surface area contributed by atoms with Gasteiger partial charge < -0.3 is 5.32 Å². The third-order valence-corrected chi connectivity index (χ3v) is 6.27. The van der Waals surface area contributed by atoms with E-state index >= 15 is 0 Å². The molecule has 0 aliphatic carbocycles. The van der Waals surface area contributed by atoms with Crippen molar-refractivity contribution in [1.29, 1.82) is 0 Å². The molecule has 2 aromatic carbocycles. The molecule has 0 aliphatic rings. The van der Waals surface area contributed by atoms with Crippen LogP contribution < -0.4 is 9.62 Å². The van der Waals surface area contributed by atoms with Gasteiger partial charge >= 0.3 is 0 Å². The molecule has 0 saturated heterocycles. The van der Waals surface area contributed by atoms with Crippen molar-refractivity contribution in [2.24, 2.45) is 0 Å². The number of hydrogen-bond donors (Lipinski definition) is 1. The number of carbonyl (C=O) groups excluding carboxylic acids is 1. The summed E-state index contributed by atoms with van der Waals surface area (Å²) in [6, 6.07) is 9.18. The number of carbonyl (C=O) groups is 1. The topological polar surface area (TPSA) is 66.5 Å². The van der Waals surface area contributed by atoms with E-state index in [-0.39, 0.29) is 11.9 Å². The summed E-state index contributed by atoms with van der Waals surface area (Å²) >= 11 is 0. The number of nitrogens with one attached hydrogen (secondary N) is 1. The molecule has 5 nitrogen and oxygen atoms in total. The van der Waals surface area contributed by atoms with Crippen molar-refractivity contribution in [3.63, 3.8) is 0 Å². The third-order valence-electron chi connectivity index (χ3n) is 5.08. The zero-order valence-corrected chi connectivity index (χ0v) is 17.9. The van der Waals surface area contributed by atoms with Crippen LogP contribution in [0.2, 0.25) is 0 Å². The Morgan fingerprint density at radius 1 is 1.04 bits per heavy atom. The zero-order chi connectivity index (χ0) is 20.5. The Morgan fingerprint density at radius 3 is 2.22 bits per heavy atom. The Labute approximate surface area is 162 Å². The van der Waals surface area contributed by atoms with Gasteiger partial charge in [0.1, 0.15) is 0 Å². The fourth-order valence-electron chi connectivity index (χ4n) is 3.19. The molecule has 27 heavy (non-hydrogen) atoms. The fourth-order valence-corrected chi connectivity index (χ4v) is 3.75. The monoisotopic (exact) mass is 388 g/mol. The van der Waals surface area contributed by atoms with Crippen molar-refractivity contribution in [2.45, 2.75) is 40.7 Å². The van der Waals surface area contributed by atoms with Gasteiger partial charge in [-0.15, -0.1) is 0 Å². The molecule has 0 bridgehead atoms. The lowest BCUT2D eigenvalue weighted by atomic mass is 9.96. The van der Waals surface area contributed by atoms with E-state index in [9.17, 15) is 13.2 Å². The van der Waals surface area contributed by atoms with E-state index in [2.05, 4.69) is 31.3 Å². The van der Waals surface area contributed by atoms with Crippen LogP contribution in [0.3, 0.4) is 0 Å². The van der Waals surface area contributed by atoms with Gasteiger partial charge in [0.05, 0.1) is 18.0 Å². The smallest absolute Gasteiger partial charge is 0.252 e. The highest BCUT2D eigenvalue weighted by atomic mass is 32.2. The highest BCUT2D eigenvalue weighted by molar-refractivity contribution is 7.92. The molecule has 2 aromatic rings. The summed E-state index contributed by atoms with van der Waals surface area (Å²) < 4.78 is 24.9. The molecule has 146 valence electrons. The molecule has 2 rings (SSSR count). The number of aryl methyl sites for hydroxylation is 3. The van der Waals surface area contributed by atoms with Crippen LogP contribution in [0.15, 0.2) is 30.3 Å². The van der Waals surface area contributed by atoms with E-state index in [1.807, 2.05) is 13.8 Å². The van der Waals surface area contributed by atoms with Gasteiger partial charge in [0.25, 0.3) is 5.91 Å². The van der Waals surface area contributed by atoms with Crippen LogP contribution in [0.4, 0.5) is 5.69 Å². The number of nitrogens with zero attached hydrogens (tertiary/aromatic N) is 1. The normalized spacial score (nSPS) is 12.6. The molecule has 0 spiro atoms. The average Bonchev–Trinajstić information content (AvgIpc) is 2.56. The fraction of sp³-hybridized carbons (Fsp3) is 0.381. The molecule has 1 atom stereocenters. The molecule has 0 fully saturated rings. The summed E-state index contributed by atoms with van der Waals surface area (Å²) in [6.07, 6.45) is 1.14. The zero-order valence-electron chi connectivity index (χ0n) is 17.0. The predicted octanol–water partition coefficient (Wildman–Crippen LogP) is 3.81. The quantitative estimate of drug-likeness (QED) is 0.847. The average molecular weight is 389 g/mol. The molecular formula is C21H28N2O3S. The first-order valence-electron chi connectivity index (χ1n) is 8.85. The van der Waals surface area contributed by atoms with Gasteiger partial charge in [0.15, 0.2) is 0 Å². The number of amides is 1. The molecular weight excluding hydrogens is 360 g/mol. The molecule has 0 radical (unpaired) electrons. The Hall–Kier alpha value is -2.34. The Balaban J connectivity index is 2.33. The van der Waals surface area contributed by atoms with Gasteiger partial charge in [-0.1, -0.05) is 18.2 Å². The van der Waals surface area contributed by atoms with Crippen LogP contribution in [0, 0.1) is 27.7 Å². The molecule has 0 saturated carbocycles. The molecule has 6 heteroatoms. The maximum Gasteiger partial charge on any atom is 0.252 e. The van der Waals surface area contributed by atoms with Crippen molar-refractivity contribution < 1.29 is 13.2 Å². The number of sulfonamides is 1. The minimum Gasteiger partial charge on any atom is -0.345 e. The summed E-state index contributed by atoms with van der Waals surface area (Å²) in [6.45, 7) is 9.88. The van der Waals surface area contributed by atoms with Crippen molar-refractivity contribution in [3.8, 4) is 0 Å². The first-order valence-corrected chi connectivity index (χ1v) is 10.7. The van der Waals surface area contributed by atoms with Crippen molar-refractivity contribution >= 4 is 21.6 Å². The molecule has 1 N–H and O–H groups in total. The first kappa shape index (κ1) is 21.0.